The number of nitrogens with two attached hydrogens (primary N) is 1. The predicted octanol–water partition coefficient (Wildman–Crippen LogP) is 4.33. The monoisotopic (exact) mass is 621 g/mol. The minimum absolute atomic E-state index is 0.0681. The Balaban J connectivity index is 0.941. The predicted molar refractivity (Wildman–Crippen MR) is 173 cm³/mol. The molecule has 2 fully saturated rings. The van der Waals surface area contributed by atoms with Gasteiger partial charge in [0, 0.05) is 48.9 Å². The minimum atomic E-state index is -0.215. The first-order chi connectivity index (χ1) is 22.3. The van der Waals surface area contributed by atoms with E-state index in [1.807, 2.05) is 40.1 Å². The molecule has 0 bridgehead atoms. The Labute approximate surface area is 268 Å². The molecule has 2 atom stereocenters. The zero-order chi connectivity index (χ0) is 31.8. The highest BCUT2D eigenvalue weighted by Crippen LogP contribution is 2.41. The lowest BCUT2D eigenvalue weighted by Gasteiger charge is -2.29. The van der Waals surface area contributed by atoms with Crippen molar-refractivity contribution < 1.29 is 23.9 Å². The van der Waals surface area contributed by atoms with Crippen molar-refractivity contribution in [3.63, 3.8) is 0 Å². The number of nitrogens with one attached hydrogen (secondary N) is 2. The van der Waals surface area contributed by atoms with Crippen molar-refractivity contribution in [1.82, 2.24) is 9.80 Å². The Kier molecular flexibility index (Phi) is 8.21. The lowest BCUT2D eigenvalue weighted by atomic mass is 9.98. The smallest absolute Gasteiger partial charge is 0.262 e. The van der Waals surface area contributed by atoms with Crippen LogP contribution < -0.4 is 21.1 Å². The summed E-state index contributed by atoms with van der Waals surface area (Å²) in [5.74, 6) is 1.41. The summed E-state index contributed by atoms with van der Waals surface area (Å²) < 4.78 is 5.50. The van der Waals surface area contributed by atoms with Crippen LogP contribution in [0.1, 0.15) is 69.5 Å². The third-order valence-electron chi connectivity index (χ3n) is 9.61. The number of anilines is 2. The summed E-state index contributed by atoms with van der Waals surface area (Å²) in [6.07, 6.45) is 5.34. The quantitative estimate of drug-likeness (QED) is 0.309. The Morgan fingerprint density at radius 1 is 0.978 bits per heavy atom. The third kappa shape index (κ3) is 6.62. The molecule has 10 heteroatoms. The fourth-order valence-corrected chi connectivity index (χ4v) is 6.55. The van der Waals surface area contributed by atoms with Gasteiger partial charge >= 0.3 is 0 Å². The first kappa shape index (κ1) is 30.0. The normalized spacial score (nSPS) is 19.7. The van der Waals surface area contributed by atoms with Gasteiger partial charge in [-0.3, -0.25) is 19.2 Å². The van der Waals surface area contributed by atoms with Gasteiger partial charge in [-0.1, -0.05) is 18.2 Å². The molecule has 46 heavy (non-hydrogen) atoms. The van der Waals surface area contributed by atoms with Crippen LogP contribution in [0.3, 0.4) is 0 Å². The summed E-state index contributed by atoms with van der Waals surface area (Å²) in [6.45, 7) is 2.38. The number of benzene rings is 3. The summed E-state index contributed by atoms with van der Waals surface area (Å²) in [5.41, 5.74) is 11.3. The minimum Gasteiger partial charge on any atom is -0.482 e. The van der Waals surface area contributed by atoms with Crippen LogP contribution in [0.5, 0.6) is 5.75 Å². The number of rotatable bonds is 10. The molecule has 10 nitrogen and oxygen atoms in total. The van der Waals surface area contributed by atoms with Gasteiger partial charge in [0.15, 0.2) is 6.61 Å². The van der Waals surface area contributed by atoms with Crippen LogP contribution >= 0.6 is 0 Å². The molecule has 7 rings (SSSR count). The van der Waals surface area contributed by atoms with Gasteiger partial charge in [0.2, 0.25) is 5.91 Å². The van der Waals surface area contributed by atoms with E-state index in [1.165, 1.54) is 0 Å². The molecule has 0 spiro atoms. The zero-order valence-corrected chi connectivity index (χ0v) is 25.8. The van der Waals surface area contributed by atoms with Crippen molar-refractivity contribution in [2.45, 2.75) is 57.7 Å². The number of nitrogens with zero attached hydrogens (tertiary/aromatic N) is 2. The molecule has 3 aromatic carbocycles. The fourth-order valence-electron chi connectivity index (χ4n) is 6.55. The van der Waals surface area contributed by atoms with Gasteiger partial charge in [0.1, 0.15) is 5.75 Å². The zero-order valence-electron chi connectivity index (χ0n) is 25.8. The first-order valence-electron chi connectivity index (χ1n) is 16.2. The maximum Gasteiger partial charge on any atom is 0.262 e. The average molecular weight is 622 g/mol. The van der Waals surface area contributed by atoms with Gasteiger partial charge in [-0.05, 0) is 110 Å². The van der Waals surface area contributed by atoms with Gasteiger partial charge in [-0.25, -0.2) is 0 Å². The highest BCUT2D eigenvalue weighted by molar-refractivity contribution is 6.04. The molecule has 238 valence electrons. The Morgan fingerprint density at radius 2 is 1.78 bits per heavy atom. The van der Waals surface area contributed by atoms with E-state index in [2.05, 4.69) is 10.6 Å². The number of fused-ring (bicyclic) bond motifs is 2. The van der Waals surface area contributed by atoms with E-state index in [4.69, 9.17) is 10.5 Å². The van der Waals surface area contributed by atoms with Gasteiger partial charge in [-0.2, -0.15) is 0 Å². The van der Waals surface area contributed by atoms with Crippen LogP contribution in [0.15, 0.2) is 60.7 Å². The fraction of sp³-hybridized carbons (Fsp3) is 0.389. The highest BCUT2D eigenvalue weighted by Gasteiger charge is 2.36. The van der Waals surface area contributed by atoms with Gasteiger partial charge < -0.3 is 30.9 Å². The Morgan fingerprint density at radius 3 is 2.54 bits per heavy atom. The van der Waals surface area contributed by atoms with Gasteiger partial charge in [0.05, 0.1) is 5.69 Å². The number of carbonyl (C=O) groups is 4. The van der Waals surface area contributed by atoms with Crippen molar-refractivity contribution in [2.75, 3.05) is 30.3 Å². The SMILES string of the molecule is NC[C@@H]1C[C@@H]1CCC(=O)N1CCc2cc(NC(=O)c3ccc(CN(C(=O)c4ccc5c(c4)OCC(=O)N5)C4CC4)cc3)ccc2C1. The maximum atomic E-state index is 13.5. The maximum absolute atomic E-state index is 13.5. The van der Waals surface area contributed by atoms with Gasteiger partial charge in [-0.15, -0.1) is 0 Å². The summed E-state index contributed by atoms with van der Waals surface area (Å²) in [4.78, 5) is 54.8. The van der Waals surface area contributed by atoms with E-state index >= 15 is 0 Å². The molecule has 4 aliphatic rings. The second-order valence-corrected chi connectivity index (χ2v) is 12.9. The molecule has 2 saturated carbocycles. The van der Waals surface area contributed by atoms with Crippen LogP contribution in [0, 0.1) is 11.8 Å². The van der Waals surface area contributed by atoms with Crippen molar-refractivity contribution in [2.24, 2.45) is 17.6 Å². The van der Waals surface area contributed by atoms with Crippen LogP contribution in [0.25, 0.3) is 0 Å². The van der Waals surface area contributed by atoms with Crippen molar-refractivity contribution >= 4 is 35.0 Å². The van der Waals surface area contributed by atoms with E-state index in [-0.39, 0.29) is 36.3 Å². The number of ether oxygens (including phenoxy) is 1. The van der Waals surface area contributed by atoms with Crippen LogP contribution in [-0.4, -0.2) is 59.2 Å². The molecule has 4 N–H and O–H groups in total. The van der Waals surface area contributed by atoms with E-state index in [0.717, 1.165) is 61.0 Å². The first-order valence-corrected chi connectivity index (χ1v) is 16.2. The van der Waals surface area contributed by atoms with E-state index in [1.54, 1.807) is 30.3 Å². The molecule has 0 unspecified atom stereocenters. The number of carbonyl (C=O) groups excluding carboxylic acids is 4. The number of hydrogen-bond acceptors (Lipinski definition) is 6. The third-order valence-corrected chi connectivity index (χ3v) is 9.61. The van der Waals surface area contributed by atoms with Gasteiger partial charge in [0.25, 0.3) is 17.7 Å². The second-order valence-electron chi connectivity index (χ2n) is 12.9. The highest BCUT2D eigenvalue weighted by atomic mass is 16.5. The summed E-state index contributed by atoms with van der Waals surface area (Å²) >= 11 is 0. The van der Waals surface area contributed by atoms with E-state index in [0.29, 0.717) is 60.5 Å². The Hall–Kier alpha value is -4.70. The van der Waals surface area contributed by atoms with E-state index in [9.17, 15) is 19.2 Å². The van der Waals surface area contributed by atoms with Crippen molar-refractivity contribution in [3.8, 4) is 5.75 Å². The van der Waals surface area contributed by atoms with Crippen molar-refractivity contribution in [3.05, 3.63) is 88.5 Å². The van der Waals surface area contributed by atoms with Crippen LogP contribution in [0.2, 0.25) is 0 Å². The largest absolute Gasteiger partial charge is 0.482 e. The number of hydrogen-bond donors (Lipinski definition) is 3. The lowest BCUT2D eigenvalue weighted by Crippen LogP contribution is -2.36. The van der Waals surface area contributed by atoms with Crippen LogP contribution in [0.4, 0.5) is 11.4 Å². The summed E-state index contributed by atoms with van der Waals surface area (Å²) in [5, 5.41) is 5.77. The lowest BCUT2D eigenvalue weighted by molar-refractivity contribution is -0.132. The molecular formula is C36H39N5O5. The molecule has 0 saturated heterocycles. The Bertz CT molecular complexity index is 1680. The molecule has 4 amide bonds. The van der Waals surface area contributed by atoms with E-state index < -0.39 is 0 Å². The molecule has 2 heterocycles. The summed E-state index contributed by atoms with van der Waals surface area (Å²) in [7, 11) is 0. The number of amides is 4. The molecule has 2 aliphatic heterocycles. The molecule has 2 aliphatic carbocycles. The topological polar surface area (TPSA) is 134 Å². The molecule has 0 radical (unpaired) electrons. The molecule has 0 aromatic heterocycles. The molecular weight excluding hydrogens is 582 g/mol. The summed E-state index contributed by atoms with van der Waals surface area (Å²) in [6, 6.07) is 18.5. The average Bonchev–Trinajstić information content (AvgIpc) is 4.01. The molecule has 3 aromatic rings. The van der Waals surface area contributed by atoms with Crippen molar-refractivity contribution in [1.29, 1.82) is 0 Å². The second kappa shape index (κ2) is 12.6. The standard InChI is InChI=1S/C36H39N5O5/c37-18-28-15-24(28)7-12-34(43)40-14-13-25-16-29(8-5-27(25)20-40)38-35(44)23-3-1-22(2-4-23)19-41(30-9-10-30)36(45)26-6-11-31-32(17-26)46-21-33(42)39-31/h1-6,8,11,16-17,24,28,30H,7,9-10,12-15,18-21,37H2,(H,38,44)(H,39,42)/t24-,28-/m0/s1. The van der Waals surface area contributed by atoms with Crippen LogP contribution in [-0.2, 0) is 29.1 Å².